The van der Waals surface area contributed by atoms with E-state index in [1.165, 1.54) is 10.1 Å². The zero-order valence-electron chi connectivity index (χ0n) is 24.6. The standard InChI is InChI=1S/C24H25N9O13S2/c1-24(2,21(41)42)46-29-15(12-9-47-22(25)27-12)17(37)26-11-8-31(18(11)38)23(43)30-48(44,45)33-6-5-32(19(39)20(33)40)28-16(36)10-3-4-13(34)14(35)7-10/h3-4,7,9,11,34-35H,5-6,8H2,1-2H3,(H2,25,27)(H,26,37)(H,28,36)(H,30,43)(H,41,42)/b29-15-/t11-/m1/s1. The molecule has 2 aromatic rings. The van der Waals surface area contributed by atoms with Crippen molar-refractivity contribution in [1.29, 1.82) is 0 Å². The minimum Gasteiger partial charge on any atom is -0.504 e. The summed E-state index contributed by atoms with van der Waals surface area (Å²) in [6.07, 6.45) is 0. The monoisotopic (exact) mass is 711 g/mol. The van der Waals surface area contributed by atoms with Crippen LogP contribution in [0.15, 0.2) is 28.7 Å². The number of imide groups is 1. The molecular weight excluding hydrogens is 686 g/mol. The molecule has 2 aliphatic rings. The number of phenolic OH excluding ortho intramolecular Hbond substituents is 2. The number of carboxylic acid groups (broad SMARTS) is 1. The van der Waals surface area contributed by atoms with Crippen LogP contribution in [0.2, 0.25) is 0 Å². The maximum atomic E-state index is 12.9. The summed E-state index contributed by atoms with van der Waals surface area (Å²) in [6, 6.07) is 0.0593. The summed E-state index contributed by atoms with van der Waals surface area (Å²) in [7, 11) is -5.06. The number of hydrazine groups is 1. The number of nitrogens with two attached hydrogens (primary N) is 1. The molecule has 0 unspecified atom stereocenters. The number of piperazine rings is 1. The largest absolute Gasteiger partial charge is 0.504 e. The number of aliphatic carboxylic acids is 1. The zero-order valence-corrected chi connectivity index (χ0v) is 26.2. The highest BCUT2D eigenvalue weighted by Crippen LogP contribution is 2.25. The van der Waals surface area contributed by atoms with Gasteiger partial charge >= 0.3 is 34.0 Å². The van der Waals surface area contributed by atoms with Crippen molar-refractivity contribution in [2.24, 2.45) is 5.16 Å². The number of nitrogen functional groups attached to an aromatic ring is 1. The fraction of sp³-hybridized carbons (Fsp3) is 0.292. The lowest BCUT2D eigenvalue weighted by Gasteiger charge is -2.37. The van der Waals surface area contributed by atoms with E-state index in [-0.39, 0.29) is 20.7 Å². The molecule has 1 atom stereocenters. The highest BCUT2D eigenvalue weighted by atomic mass is 32.2. The number of carbonyl (C=O) groups excluding carboxylic acids is 6. The van der Waals surface area contributed by atoms with Gasteiger partial charge in [0, 0.05) is 10.9 Å². The number of thiazole rings is 1. The van der Waals surface area contributed by atoms with Gasteiger partial charge in [-0.2, -0.15) is 8.42 Å². The number of hydrogen-bond donors (Lipinski definition) is 7. The molecule has 256 valence electrons. The average Bonchev–Trinajstić information content (AvgIpc) is 3.43. The van der Waals surface area contributed by atoms with E-state index >= 15 is 0 Å². The molecule has 0 saturated carbocycles. The third-order valence-electron chi connectivity index (χ3n) is 6.50. The second-order valence-corrected chi connectivity index (χ2v) is 12.8. The van der Waals surface area contributed by atoms with Crippen LogP contribution in [-0.4, -0.2) is 121 Å². The number of phenols is 2. The van der Waals surface area contributed by atoms with Crippen LogP contribution in [0.25, 0.3) is 0 Å². The van der Waals surface area contributed by atoms with E-state index in [0.717, 1.165) is 43.4 Å². The molecule has 0 bridgehead atoms. The molecule has 22 nitrogen and oxygen atoms in total. The van der Waals surface area contributed by atoms with Crippen LogP contribution < -0.4 is 21.2 Å². The van der Waals surface area contributed by atoms with Crippen LogP contribution in [0.3, 0.4) is 0 Å². The number of aromatic nitrogens is 1. The van der Waals surface area contributed by atoms with E-state index in [9.17, 15) is 57.3 Å². The highest BCUT2D eigenvalue weighted by Gasteiger charge is 2.46. The van der Waals surface area contributed by atoms with Crippen molar-refractivity contribution < 1.29 is 62.1 Å². The van der Waals surface area contributed by atoms with Gasteiger partial charge in [0.1, 0.15) is 11.7 Å². The molecule has 4 rings (SSSR count). The van der Waals surface area contributed by atoms with Crippen LogP contribution in [0.5, 0.6) is 11.5 Å². The number of nitrogens with one attached hydrogen (secondary N) is 3. The van der Waals surface area contributed by atoms with Crippen molar-refractivity contribution in [3.8, 4) is 11.5 Å². The Morgan fingerprint density at radius 2 is 1.79 bits per heavy atom. The van der Waals surface area contributed by atoms with E-state index < -0.39 is 100 Å². The van der Waals surface area contributed by atoms with Crippen LogP contribution in [-0.2, 0) is 39.0 Å². The lowest BCUT2D eigenvalue weighted by molar-refractivity contribution is -0.161. The first-order valence-corrected chi connectivity index (χ1v) is 15.5. The molecule has 1 aromatic heterocycles. The number of oxime groups is 1. The number of nitrogens with zero attached hydrogens (tertiary/aromatic N) is 5. The highest BCUT2D eigenvalue weighted by molar-refractivity contribution is 7.88. The third-order valence-corrected chi connectivity index (χ3v) is 8.54. The lowest BCUT2D eigenvalue weighted by Crippen LogP contribution is -2.69. The van der Waals surface area contributed by atoms with E-state index in [2.05, 4.69) is 20.9 Å². The van der Waals surface area contributed by atoms with Gasteiger partial charge in [-0.05, 0) is 32.0 Å². The van der Waals surface area contributed by atoms with Crippen LogP contribution in [0, 0.1) is 0 Å². The molecular formula is C24H25N9O13S2. The van der Waals surface area contributed by atoms with Gasteiger partial charge in [-0.1, -0.05) is 5.16 Å². The number of carboxylic acids is 1. The van der Waals surface area contributed by atoms with Crippen molar-refractivity contribution in [2.75, 3.05) is 25.4 Å². The van der Waals surface area contributed by atoms with Gasteiger partial charge < -0.3 is 31.2 Å². The molecule has 2 fully saturated rings. The number of rotatable bonds is 10. The number of hydrogen-bond acceptors (Lipinski definition) is 16. The van der Waals surface area contributed by atoms with Gasteiger partial charge in [0.2, 0.25) is 5.60 Å². The van der Waals surface area contributed by atoms with Crippen molar-refractivity contribution >= 4 is 73.9 Å². The van der Waals surface area contributed by atoms with Gasteiger partial charge in [-0.15, -0.1) is 11.3 Å². The van der Waals surface area contributed by atoms with Gasteiger partial charge in [0.05, 0.1) is 19.6 Å². The molecule has 7 amide bonds. The normalized spacial score (nSPS) is 17.0. The summed E-state index contributed by atoms with van der Waals surface area (Å²) in [6.45, 7) is 0.452. The molecule has 1 aromatic carbocycles. The molecule has 3 heterocycles. The number of benzene rings is 1. The predicted octanol–water partition coefficient (Wildman–Crippen LogP) is -2.98. The first-order valence-electron chi connectivity index (χ1n) is 13.2. The molecule has 0 spiro atoms. The number of amides is 7. The Bertz CT molecular complexity index is 1880. The number of likely N-dealkylation sites (tertiary alicyclic amines) is 1. The van der Waals surface area contributed by atoms with Crippen LogP contribution >= 0.6 is 11.3 Å². The summed E-state index contributed by atoms with van der Waals surface area (Å²) in [5, 5.41) is 35.8. The summed E-state index contributed by atoms with van der Waals surface area (Å²) in [5.41, 5.74) is 4.88. The van der Waals surface area contributed by atoms with Gasteiger partial charge in [0.15, 0.2) is 22.3 Å². The SMILES string of the molecule is CC(C)(O/N=C(\C(=O)N[C@@H]1CN(C(=O)NS(=O)(=O)N2CCN(NC(=O)c3ccc(O)c(O)c3)C(=O)C2=O)C1=O)c1csc(N)n1)C(=O)O. The molecule has 0 radical (unpaired) electrons. The molecule has 0 aliphatic carbocycles. The average molecular weight is 712 g/mol. The van der Waals surface area contributed by atoms with Crippen molar-refractivity contribution in [1.82, 2.24) is 34.7 Å². The van der Waals surface area contributed by atoms with Crippen LogP contribution in [0.4, 0.5) is 9.93 Å². The second kappa shape index (κ2) is 13.0. The molecule has 2 aliphatic heterocycles. The number of urea groups is 1. The number of β-lactam (4-membered cyclic amide) rings is 1. The first kappa shape index (κ1) is 34.8. The lowest BCUT2D eigenvalue weighted by atomic mass is 10.1. The summed E-state index contributed by atoms with van der Waals surface area (Å²) < 4.78 is 27.1. The summed E-state index contributed by atoms with van der Waals surface area (Å²) >= 11 is 0.916. The second-order valence-electron chi connectivity index (χ2n) is 10.3. The maximum absolute atomic E-state index is 12.9. The third kappa shape index (κ3) is 7.17. The topological polar surface area (TPSA) is 321 Å². The van der Waals surface area contributed by atoms with Crippen molar-refractivity contribution in [3.05, 3.63) is 34.8 Å². The zero-order chi connectivity index (χ0) is 35.7. The van der Waals surface area contributed by atoms with E-state index in [1.54, 1.807) is 0 Å². The van der Waals surface area contributed by atoms with Crippen molar-refractivity contribution in [2.45, 2.75) is 25.5 Å². The molecule has 48 heavy (non-hydrogen) atoms. The van der Waals surface area contributed by atoms with E-state index in [1.807, 2.05) is 0 Å². The Kier molecular flexibility index (Phi) is 9.42. The first-order chi connectivity index (χ1) is 22.3. The van der Waals surface area contributed by atoms with E-state index in [4.69, 9.17) is 10.6 Å². The Morgan fingerprint density at radius 3 is 2.38 bits per heavy atom. The van der Waals surface area contributed by atoms with Crippen LogP contribution in [0.1, 0.15) is 29.9 Å². The predicted molar refractivity (Wildman–Crippen MR) is 158 cm³/mol. The minimum absolute atomic E-state index is 0.00665. The van der Waals surface area contributed by atoms with Gasteiger partial charge in [-0.3, -0.25) is 34.3 Å². The number of carbonyl (C=O) groups is 7. The number of anilines is 1. The fourth-order valence-electron chi connectivity index (χ4n) is 3.77. The van der Waals surface area contributed by atoms with Gasteiger partial charge in [0.25, 0.3) is 17.7 Å². The Morgan fingerprint density at radius 1 is 1.10 bits per heavy atom. The summed E-state index contributed by atoms with van der Waals surface area (Å²) in [4.78, 5) is 96.3. The fourth-order valence-corrected chi connectivity index (χ4v) is 5.37. The molecule has 24 heteroatoms. The van der Waals surface area contributed by atoms with Gasteiger partial charge in [-0.25, -0.2) is 28.6 Å². The van der Waals surface area contributed by atoms with Crippen molar-refractivity contribution in [3.63, 3.8) is 0 Å². The Balaban J connectivity index is 1.35. The summed E-state index contributed by atoms with van der Waals surface area (Å²) in [5.74, 6) is -8.91. The quantitative estimate of drug-likeness (QED) is 0.0425. The number of aromatic hydroxyl groups is 2. The molecule has 8 N–H and O–H groups in total. The minimum atomic E-state index is -5.06. The Hall–Kier alpha value is -6.04. The smallest absolute Gasteiger partial charge is 0.350 e. The molecule has 2 saturated heterocycles. The Labute approximate surface area is 272 Å². The maximum Gasteiger partial charge on any atom is 0.350 e. The van der Waals surface area contributed by atoms with E-state index in [0.29, 0.717) is 9.91 Å².